The van der Waals surface area contributed by atoms with Crippen LogP contribution in [0.2, 0.25) is 0 Å². The van der Waals surface area contributed by atoms with Crippen LogP contribution >= 0.6 is 35.3 Å². The number of hydrogen-bond acceptors (Lipinski definition) is 11. The molecular weight excluding hydrogens is 601 g/mol. The largest absolute Gasteiger partial charge is 0.305 e. The fraction of sp³-hybridized carbons (Fsp3) is 0.267. The summed E-state index contributed by atoms with van der Waals surface area (Å²) in [5.41, 5.74) is 4.62. The zero-order valence-corrected chi connectivity index (χ0v) is 25.8. The maximum atomic E-state index is 12.4. The molecule has 0 radical (unpaired) electrons. The van der Waals surface area contributed by atoms with Crippen molar-refractivity contribution in [2.24, 2.45) is 4.99 Å². The first kappa shape index (κ1) is 32.1. The minimum atomic E-state index is -0.311. The predicted octanol–water partition coefficient (Wildman–Crippen LogP) is 5.70. The Hall–Kier alpha value is -3.81. The molecule has 0 aliphatic carbocycles. The van der Waals surface area contributed by atoms with Crippen LogP contribution in [0.25, 0.3) is 10.9 Å². The van der Waals surface area contributed by atoms with Crippen LogP contribution in [0, 0.1) is 21.6 Å². The average molecular weight is 633 g/mol. The first-order chi connectivity index (χ1) is 20.7. The number of thioether (sulfide) groups is 3. The molecule has 2 amide bonds. The number of amides is 2. The maximum Gasteiger partial charge on any atom is 0.230 e. The number of aromatic nitrogens is 1. The van der Waals surface area contributed by atoms with Gasteiger partial charge in [-0.15, -0.1) is 0 Å². The van der Waals surface area contributed by atoms with Gasteiger partial charge < -0.3 is 10.6 Å². The molecule has 2 aromatic carbocycles. The van der Waals surface area contributed by atoms with Gasteiger partial charge in [-0.2, -0.15) is 11.8 Å². The number of nitrogens with one attached hydrogen (secondary N) is 6. The van der Waals surface area contributed by atoms with E-state index in [0.29, 0.717) is 24.3 Å². The van der Waals surface area contributed by atoms with Crippen molar-refractivity contribution >= 4 is 90.3 Å². The third kappa shape index (κ3) is 10.8. The Morgan fingerprint density at radius 1 is 0.814 bits per heavy atom. The number of aryl methyl sites for hydroxylation is 1. The molecule has 1 aromatic heterocycles. The van der Waals surface area contributed by atoms with E-state index in [9.17, 15) is 9.59 Å². The summed E-state index contributed by atoms with van der Waals surface area (Å²) < 4.78 is 0. The number of hydrogen-bond donors (Lipinski definition) is 6. The van der Waals surface area contributed by atoms with Gasteiger partial charge in [0, 0.05) is 30.6 Å². The van der Waals surface area contributed by atoms with Crippen molar-refractivity contribution in [3.63, 3.8) is 0 Å². The lowest BCUT2D eigenvalue weighted by atomic mass is 10.0. The Balaban J connectivity index is 1.05. The standard InChI is InChI=1S/C30H32N8O2S3/c31-25(42-29(33)37-27(39)17-19-5-7-23-21(15-19)3-1-11-35-23)9-13-41-14-10-26(32)43-30(34)38-28(40)18-20-6-8-24-22(16-20)4-2-12-36-24/h1,3,5-8,11-12,15-16,31-32H,2,4,9-10,13-14,17-18H2,(H2,33,37,39)(H2,34,38,40). The fourth-order valence-electron chi connectivity index (χ4n) is 4.24. The average Bonchev–Trinajstić information content (AvgIpc) is 2.96. The monoisotopic (exact) mass is 632 g/mol. The zero-order chi connectivity index (χ0) is 30.6. The van der Waals surface area contributed by atoms with Crippen molar-refractivity contribution in [3.8, 4) is 0 Å². The molecule has 0 saturated carbocycles. The lowest BCUT2D eigenvalue weighted by Gasteiger charge is -2.12. The number of aliphatic imine (C=N–C) groups is 1. The number of rotatable bonds is 10. The quantitative estimate of drug-likeness (QED) is 0.0947. The van der Waals surface area contributed by atoms with Crippen molar-refractivity contribution < 1.29 is 9.59 Å². The predicted molar refractivity (Wildman–Crippen MR) is 181 cm³/mol. The van der Waals surface area contributed by atoms with Gasteiger partial charge in [-0.05, 0) is 88.8 Å². The molecule has 0 saturated heterocycles. The van der Waals surface area contributed by atoms with Crippen LogP contribution in [-0.4, -0.2) is 54.9 Å². The molecule has 10 nitrogen and oxygen atoms in total. The van der Waals surface area contributed by atoms with Gasteiger partial charge in [-0.25, -0.2) is 0 Å². The van der Waals surface area contributed by atoms with E-state index in [0.717, 1.165) is 69.6 Å². The van der Waals surface area contributed by atoms with Gasteiger partial charge in [-0.3, -0.25) is 41.2 Å². The summed E-state index contributed by atoms with van der Waals surface area (Å²) in [5, 5.41) is 38.7. The number of nitrogens with zero attached hydrogens (tertiary/aromatic N) is 2. The lowest BCUT2D eigenvalue weighted by molar-refractivity contribution is -0.119. The molecule has 3 aromatic rings. The smallest absolute Gasteiger partial charge is 0.230 e. The molecule has 222 valence electrons. The van der Waals surface area contributed by atoms with Gasteiger partial charge in [0.25, 0.3) is 0 Å². The molecule has 4 rings (SSSR count). The summed E-state index contributed by atoms with van der Waals surface area (Å²) in [7, 11) is 0. The van der Waals surface area contributed by atoms with E-state index < -0.39 is 0 Å². The molecule has 0 unspecified atom stereocenters. The second kappa shape index (κ2) is 16.1. The molecule has 0 fully saturated rings. The van der Waals surface area contributed by atoms with Gasteiger partial charge in [0.1, 0.15) is 0 Å². The summed E-state index contributed by atoms with van der Waals surface area (Å²) in [5.74, 6) is 0.673. The van der Waals surface area contributed by atoms with Crippen LogP contribution < -0.4 is 10.6 Å². The van der Waals surface area contributed by atoms with E-state index in [1.807, 2.05) is 54.7 Å². The Kier molecular flexibility index (Phi) is 12.1. The highest BCUT2D eigenvalue weighted by molar-refractivity contribution is 8.26. The third-order valence-electron chi connectivity index (χ3n) is 6.22. The lowest BCUT2D eigenvalue weighted by Crippen LogP contribution is -2.30. The number of pyridine rings is 1. The van der Waals surface area contributed by atoms with Gasteiger partial charge in [0.05, 0.1) is 34.1 Å². The van der Waals surface area contributed by atoms with Crippen LogP contribution in [-0.2, 0) is 28.9 Å². The molecule has 2 heterocycles. The molecule has 43 heavy (non-hydrogen) atoms. The van der Waals surface area contributed by atoms with E-state index in [1.165, 1.54) is 0 Å². The highest BCUT2D eigenvalue weighted by Gasteiger charge is 2.13. The summed E-state index contributed by atoms with van der Waals surface area (Å²) in [6.45, 7) is 0. The van der Waals surface area contributed by atoms with Gasteiger partial charge in [0.15, 0.2) is 10.3 Å². The molecule has 0 bridgehead atoms. The number of fused-ring (bicyclic) bond motifs is 2. The number of benzene rings is 2. The minimum absolute atomic E-state index is 0.0704. The van der Waals surface area contributed by atoms with Crippen molar-refractivity contribution in [1.29, 1.82) is 21.6 Å². The van der Waals surface area contributed by atoms with E-state index >= 15 is 0 Å². The van der Waals surface area contributed by atoms with Crippen LogP contribution in [0.4, 0.5) is 5.69 Å². The van der Waals surface area contributed by atoms with Crippen LogP contribution in [0.3, 0.4) is 0 Å². The van der Waals surface area contributed by atoms with Crippen molar-refractivity contribution in [1.82, 2.24) is 15.6 Å². The molecule has 0 spiro atoms. The molecular formula is C30H32N8O2S3. The topological polar surface area (TPSA) is 179 Å². The van der Waals surface area contributed by atoms with E-state index in [1.54, 1.807) is 18.0 Å². The van der Waals surface area contributed by atoms with Crippen molar-refractivity contribution in [2.75, 3.05) is 11.5 Å². The minimum Gasteiger partial charge on any atom is -0.305 e. The first-order valence-electron chi connectivity index (χ1n) is 13.6. The SMILES string of the molecule is N=C(CCSCCC(=N)SC(=N)NC(=O)Cc1ccc2ncccc2c1)SC(=N)NC(=O)Cc1ccc2c(c1)CCC=N2. The highest BCUT2D eigenvalue weighted by atomic mass is 32.2. The Morgan fingerprint density at radius 2 is 1.44 bits per heavy atom. The third-order valence-corrected chi connectivity index (χ3v) is 8.72. The van der Waals surface area contributed by atoms with Gasteiger partial charge in [0.2, 0.25) is 11.8 Å². The summed E-state index contributed by atoms with van der Waals surface area (Å²) in [6.07, 6.45) is 6.59. The Morgan fingerprint density at radius 3 is 2.12 bits per heavy atom. The van der Waals surface area contributed by atoms with Gasteiger partial charge in [-0.1, -0.05) is 24.3 Å². The fourth-order valence-corrected chi connectivity index (χ4v) is 6.63. The molecule has 6 N–H and O–H groups in total. The van der Waals surface area contributed by atoms with Crippen LogP contribution in [0.15, 0.2) is 59.7 Å². The van der Waals surface area contributed by atoms with E-state index in [4.69, 9.17) is 21.6 Å². The summed E-state index contributed by atoms with van der Waals surface area (Å²) >= 11 is 3.41. The Bertz CT molecular complexity index is 1590. The zero-order valence-electron chi connectivity index (χ0n) is 23.4. The second-order valence-electron chi connectivity index (χ2n) is 9.61. The molecule has 0 atom stereocenters. The van der Waals surface area contributed by atoms with E-state index in [-0.39, 0.29) is 45.1 Å². The second-order valence-corrected chi connectivity index (χ2v) is 13.0. The number of carbonyl (C=O) groups is 2. The number of carbonyl (C=O) groups excluding carboxylic acids is 2. The summed E-state index contributed by atoms with van der Waals surface area (Å²) in [6, 6.07) is 15.2. The Labute approximate surface area is 262 Å². The summed E-state index contributed by atoms with van der Waals surface area (Å²) in [4.78, 5) is 33.3. The molecule has 1 aliphatic rings. The maximum absolute atomic E-state index is 12.4. The van der Waals surface area contributed by atoms with Crippen LogP contribution in [0.1, 0.15) is 36.0 Å². The van der Waals surface area contributed by atoms with Gasteiger partial charge >= 0.3 is 0 Å². The first-order valence-corrected chi connectivity index (χ1v) is 16.4. The highest BCUT2D eigenvalue weighted by Crippen LogP contribution is 2.25. The van der Waals surface area contributed by atoms with E-state index in [2.05, 4.69) is 20.6 Å². The molecule has 13 heteroatoms. The molecule has 1 aliphatic heterocycles. The van der Waals surface area contributed by atoms with Crippen LogP contribution in [0.5, 0.6) is 0 Å². The number of amidine groups is 2. The van der Waals surface area contributed by atoms with Crippen molar-refractivity contribution in [3.05, 3.63) is 71.4 Å². The van der Waals surface area contributed by atoms with Crippen molar-refractivity contribution in [2.45, 2.75) is 38.5 Å². The normalized spacial score (nSPS) is 11.9.